The fourth-order valence-electron chi connectivity index (χ4n) is 3.49. The third-order valence-corrected chi connectivity index (χ3v) is 4.97. The summed E-state index contributed by atoms with van der Waals surface area (Å²) in [6, 6.07) is 1.87. The number of carbonyl (C=O) groups excluding carboxylic acids is 1. The molecule has 132 valence electrons. The maximum atomic E-state index is 12.1. The Hall–Kier alpha value is -1.69. The van der Waals surface area contributed by atoms with E-state index in [0.717, 1.165) is 37.1 Å². The molecule has 1 aliphatic heterocycles. The first-order chi connectivity index (χ1) is 11.8. The SMILES string of the molecule is O=C(CCC1CCCCC1)NCc1ccnc(N2CCOCC2)n1. The van der Waals surface area contributed by atoms with E-state index in [0.29, 0.717) is 26.2 Å². The molecule has 1 saturated heterocycles. The number of morpholine rings is 1. The number of carbonyl (C=O) groups is 1. The number of nitrogens with zero attached hydrogens (tertiary/aromatic N) is 3. The van der Waals surface area contributed by atoms with Crippen LogP contribution in [0.3, 0.4) is 0 Å². The van der Waals surface area contributed by atoms with Gasteiger partial charge in [-0.2, -0.15) is 0 Å². The van der Waals surface area contributed by atoms with Crippen LogP contribution in [0.15, 0.2) is 12.3 Å². The molecule has 0 spiro atoms. The topological polar surface area (TPSA) is 67.4 Å². The molecule has 0 radical (unpaired) electrons. The van der Waals surface area contributed by atoms with Crippen LogP contribution in [0.5, 0.6) is 0 Å². The summed E-state index contributed by atoms with van der Waals surface area (Å²) in [6.07, 6.45) is 10.0. The Kier molecular flexibility index (Phi) is 6.41. The summed E-state index contributed by atoms with van der Waals surface area (Å²) in [4.78, 5) is 23.1. The molecular formula is C18H28N4O2. The second kappa shape index (κ2) is 8.97. The van der Waals surface area contributed by atoms with Crippen molar-refractivity contribution in [2.24, 2.45) is 5.92 Å². The normalized spacial score (nSPS) is 19.2. The van der Waals surface area contributed by atoms with Gasteiger partial charge >= 0.3 is 0 Å². The lowest BCUT2D eigenvalue weighted by Crippen LogP contribution is -2.37. The van der Waals surface area contributed by atoms with Crippen LogP contribution in [-0.4, -0.2) is 42.2 Å². The minimum Gasteiger partial charge on any atom is -0.378 e. The molecule has 1 aromatic rings. The Morgan fingerprint density at radius 3 is 2.83 bits per heavy atom. The van der Waals surface area contributed by atoms with Gasteiger partial charge in [-0.25, -0.2) is 9.97 Å². The smallest absolute Gasteiger partial charge is 0.225 e. The highest BCUT2D eigenvalue weighted by atomic mass is 16.5. The second-order valence-electron chi connectivity index (χ2n) is 6.77. The largest absolute Gasteiger partial charge is 0.378 e. The Morgan fingerprint density at radius 2 is 2.04 bits per heavy atom. The van der Waals surface area contributed by atoms with Gasteiger partial charge in [0.25, 0.3) is 0 Å². The van der Waals surface area contributed by atoms with Crippen LogP contribution in [0.2, 0.25) is 0 Å². The quantitative estimate of drug-likeness (QED) is 0.866. The van der Waals surface area contributed by atoms with Gasteiger partial charge in [0.05, 0.1) is 25.5 Å². The van der Waals surface area contributed by atoms with E-state index < -0.39 is 0 Å². The number of amides is 1. The second-order valence-corrected chi connectivity index (χ2v) is 6.77. The molecule has 1 aromatic heterocycles. The van der Waals surface area contributed by atoms with E-state index in [9.17, 15) is 4.79 Å². The molecule has 1 N–H and O–H groups in total. The van der Waals surface area contributed by atoms with Gasteiger partial charge in [0, 0.05) is 25.7 Å². The summed E-state index contributed by atoms with van der Waals surface area (Å²) < 4.78 is 5.35. The zero-order chi connectivity index (χ0) is 16.6. The summed E-state index contributed by atoms with van der Waals surface area (Å²) in [6.45, 7) is 3.54. The predicted octanol–water partition coefficient (Wildman–Crippen LogP) is 2.29. The lowest BCUT2D eigenvalue weighted by Gasteiger charge is -2.26. The van der Waals surface area contributed by atoms with Gasteiger partial charge in [-0.05, 0) is 18.4 Å². The summed E-state index contributed by atoms with van der Waals surface area (Å²) in [7, 11) is 0. The fraction of sp³-hybridized carbons (Fsp3) is 0.722. The molecule has 0 atom stereocenters. The highest BCUT2D eigenvalue weighted by Gasteiger charge is 2.16. The van der Waals surface area contributed by atoms with Crippen molar-refractivity contribution in [1.82, 2.24) is 15.3 Å². The molecule has 2 fully saturated rings. The van der Waals surface area contributed by atoms with Crippen molar-refractivity contribution >= 4 is 11.9 Å². The molecule has 2 aliphatic rings. The number of hydrogen-bond donors (Lipinski definition) is 1. The van der Waals surface area contributed by atoms with Gasteiger partial charge in [-0.15, -0.1) is 0 Å². The van der Waals surface area contributed by atoms with Crippen molar-refractivity contribution in [2.45, 2.75) is 51.5 Å². The van der Waals surface area contributed by atoms with Gasteiger partial charge in [0.1, 0.15) is 0 Å². The highest BCUT2D eigenvalue weighted by molar-refractivity contribution is 5.75. The van der Waals surface area contributed by atoms with Gasteiger partial charge < -0.3 is 15.0 Å². The van der Waals surface area contributed by atoms with Gasteiger partial charge in [0.2, 0.25) is 11.9 Å². The highest BCUT2D eigenvalue weighted by Crippen LogP contribution is 2.27. The number of nitrogens with one attached hydrogen (secondary N) is 1. The van der Waals surface area contributed by atoms with Crippen molar-refractivity contribution in [3.8, 4) is 0 Å². The monoisotopic (exact) mass is 332 g/mol. The molecule has 24 heavy (non-hydrogen) atoms. The summed E-state index contributed by atoms with van der Waals surface area (Å²) >= 11 is 0. The average molecular weight is 332 g/mol. The zero-order valence-corrected chi connectivity index (χ0v) is 14.4. The minimum absolute atomic E-state index is 0.132. The lowest BCUT2D eigenvalue weighted by atomic mass is 9.86. The summed E-state index contributed by atoms with van der Waals surface area (Å²) in [5.74, 6) is 1.61. The minimum atomic E-state index is 0.132. The Bertz CT molecular complexity index is 526. The molecule has 1 aliphatic carbocycles. The molecule has 1 saturated carbocycles. The van der Waals surface area contributed by atoms with Crippen molar-refractivity contribution < 1.29 is 9.53 Å². The third-order valence-electron chi connectivity index (χ3n) is 4.97. The van der Waals surface area contributed by atoms with Gasteiger partial charge in [-0.3, -0.25) is 4.79 Å². The molecular weight excluding hydrogens is 304 g/mol. The average Bonchev–Trinajstić information content (AvgIpc) is 2.66. The lowest BCUT2D eigenvalue weighted by molar-refractivity contribution is -0.121. The Balaban J connectivity index is 1.42. The van der Waals surface area contributed by atoms with Gasteiger partial charge in [-0.1, -0.05) is 32.1 Å². The van der Waals surface area contributed by atoms with Crippen molar-refractivity contribution in [2.75, 3.05) is 31.2 Å². The van der Waals surface area contributed by atoms with E-state index in [2.05, 4.69) is 20.2 Å². The molecule has 0 bridgehead atoms. The Labute approximate surface area is 144 Å². The van der Waals surface area contributed by atoms with Crippen LogP contribution in [0.25, 0.3) is 0 Å². The summed E-state index contributed by atoms with van der Waals surface area (Å²) in [5, 5.41) is 3.00. The van der Waals surface area contributed by atoms with Crippen LogP contribution in [0, 0.1) is 5.92 Å². The van der Waals surface area contributed by atoms with E-state index >= 15 is 0 Å². The van der Waals surface area contributed by atoms with Crippen LogP contribution < -0.4 is 10.2 Å². The van der Waals surface area contributed by atoms with Crippen molar-refractivity contribution in [3.63, 3.8) is 0 Å². The molecule has 0 aromatic carbocycles. The maximum absolute atomic E-state index is 12.1. The first-order valence-electron chi connectivity index (χ1n) is 9.22. The molecule has 1 amide bonds. The molecule has 6 nitrogen and oxygen atoms in total. The van der Waals surface area contributed by atoms with Crippen LogP contribution >= 0.6 is 0 Å². The number of anilines is 1. The van der Waals surface area contributed by atoms with Gasteiger partial charge in [0.15, 0.2) is 0 Å². The number of rotatable bonds is 6. The number of hydrogen-bond acceptors (Lipinski definition) is 5. The van der Waals surface area contributed by atoms with E-state index in [-0.39, 0.29) is 5.91 Å². The molecule has 3 rings (SSSR count). The first kappa shape index (κ1) is 17.1. The van der Waals surface area contributed by atoms with Crippen LogP contribution in [-0.2, 0) is 16.1 Å². The van der Waals surface area contributed by atoms with Crippen LogP contribution in [0.1, 0.15) is 50.6 Å². The van der Waals surface area contributed by atoms with Crippen molar-refractivity contribution in [3.05, 3.63) is 18.0 Å². The van der Waals surface area contributed by atoms with E-state index in [4.69, 9.17) is 4.74 Å². The molecule has 0 unspecified atom stereocenters. The van der Waals surface area contributed by atoms with Crippen molar-refractivity contribution in [1.29, 1.82) is 0 Å². The van der Waals surface area contributed by atoms with Crippen LogP contribution in [0.4, 0.5) is 5.95 Å². The Morgan fingerprint density at radius 1 is 1.25 bits per heavy atom. The standard InChI is InChI=1S/C18H28N4O2/c23-17(7-6-15-4-2-1-3-5-15)20-14-16-8-9-19-18(21-16)22-10-12-24-13-11-22/h8-9,15H,1-7,10-14H2,(H,20,23). The molecule has 6 heteroatoms. The van der Waals surface area contributed by atoms with E-state index in [1.165, 1.54) is 32.1 Å². The van der Waals surface area contributed by atoms with E-state index in [1.807, 2.05) is 6.07 Å². The summed E-state index contributed by atoms with van der Waals surface area (Å²) in [5.41, 5.74) is 0.859. The fourth-order valence-corrected chi connectivity index (χ4v) is 3.49. The maximum Gasteiger partial charge on any atom is 0.225 e. The van der Waals surface area contributed by atoms with E-state index in [1.54, 1.807) is 6.20 Å². The predicted molar refractivity (Wildman–Crippen MR) is 92.7 cm³/mol. The molecule has 2 heterocycles. The number of aromatic nitrogens is 2. The third kappa shape index (κ3) is 5.16. The first-order valence-corrected chi connectivity index (χ1v) is 9.22. The zero-order valence-electron chi connectivity index (χ0n) is 14.4. The number of ether oxygens (including phenoxy) is 1.